The van der Waals surface area contributed by atoms with Crippen LogP contribution in [-0.2, 0) is 0 Å². The molecule has 1 nitrogen and oxygen atoms in total. The predicted molar refractivity (Wildman–Crippen MR) is 102 cm³/mol. The standard InChI is InChI=1S/C20H12Br2O/c21-15-9-5-13(6-10-15)19-17-3-1-2-4-18(17)23-20(19)14-7-11-16(22)12-8-14/h1-12H. The van der Waals surface area contributed by atoms with E-state index in [9.17, 15) is 0 Å². The molecule has 0 radical (unpaired) electrons. The second kappa shape index (κ2) is 5.99. The van der Waals surface area contributed by atoms with E-state index >= 15 is 0 Å². The number of hydrogen-bond acceptors (Lipinski definition) is 1. The summed E-state index contributed by atoms with van der Waals surface area (Å²) in [6.07, 6.45) is 0. The molecular weight excluding hydrogens is 416 g/mol. The van der Waals surface area contributed by atoms with Gasteiger partial charge in [-0.3, -0.25) is 0 Å². The SMILES string of the molecule is Brc1ccc(-c2oc3ccccc3c2-c2ccc(Br)cc2)cc1. The van der Waals surface area contributed by atoms with Gasteiger partial charge in [0.1, 0.15) is 11.3 Å². The lowest BCUT2D eigenvalue weighted by Crippen LogP contribution is -1.81. The zero-order chi connectivity index (χ0) is 15.8. The Morgan fingerprint density at radius 2 is 1.17 bits per heavy atom. The van der Waals surface area contributed by atoms with E-state index in [0.29, 0.717) is 0 Å². The number of furan rings is 1. The molecule has 0 spiro atoms. The van der Waals surface area contributed by atoms with Crippen LogP contribution < -0.4 is 0 Å². The van der Waals surface area contributed by atoms with Gasteiger partial charge in [0.25, 0.3) is 0 Å². The molecule has 1 aromatic heterocycles. The average Bonchev–Trinajstić information content (AvgIpc) is 2.96. The monoisotopic (exact) mass is 426 g/mol. The largest absolute Gasteiger partial charge is 0.455 e. The summed E-state index contributed by atoms with van der Waals surface area (Å²) in [5.74, 6) is 0.904. The Morgan fingerprint density at radius 1 is 0.609 bits per heavy atom. The van der Waals surface area contributed by atoms with Crippen molar-refractivity contribution in [2.24, 2.45) is 0 Å². The van der Waals surface area contributed by atoms with E-state index in [1.165, 1.54) is 0 Å². The normalized spacial score (nSPS) is 11.0. The summed E-state index contributed by atoms with van der Waals surface area (Å²) < 4.78 is 8.31. The Bertz CT molecular complexity index is 967. The van der Waals surface area contributed by atoms with Crippen LogP contribution in [-0.4, -0.2) is 0 Å². The summed E-state index contributed by atoms with van der Waals surface area (Å²) in [6, 6.07) is 24.7. The molecule has 0 unspecified atom stereocenters. The van der Waals surface area contributed by atoms with Crippen LogP contribution in [0.2, 0.25) is 0 Å². The predicted octanol–water partition coefficient (Wildman–Crippen LogP) is 7.29. The third-order valence-electron chi connectivity index (χ3n) is 3.83. The van der Waals surface area contributed by atoms with Gasteiger partial charge in [-0.15, -0.1) is 0 Å². The molecule has 0 saturated carbocycles. The Labute approximate surface area is 151 Å². The average molecular weight is 428 g/mol. The van der Waals surface area contributed by atoms with E-state index in [4.69, 9.17) is 4.42 Å². The molecule has 23 heavy (non-hydrogen) atoms. The van der Waals surface area contributed by atoms with E-state index in [0.717, 1.165) is 42.4 Å². The molecule has 0 N–H and O–H groups in total. The molecule has 0 fully saturated rings. The van der Waals surface area contributed by atoms with Gasteiger partial charge in [0.05, 0.1) is 0 Å². The van der Waals surface area contributed by atoms with Gasteiger partial charge in [-0.1, -0.05) is 74.3 Å². The van der Waals surface area contributed by atoms with Crippen molar-refractivity contribution in [3.05, 3.63) is 81.7 Å². The number of halogens is 2. The van der Waals surface area contributed by atoms with Crippen molar-refractivity contribution in [1.29, 1.82) is 0 Å². The van der Waals surface area contributed by atoms with Gasteiger partial charge in [0.2, 0.25) is 0 Å². The molecule has 0 bridgehead atoms. The second-order valence-corrected chi connectivity index (χ2v) is 7.15. The van der Waals surface area contributed by atoms with Crippen molar-refractivity contribution in [1.82, 2.24) is 0 Å². The first-order chi connectivity index (χ1) is 11.2. The van der Waals surface area contributed by atoms with Crippen LogP contribution in [0.15, 0.2) is 86.2 Å². The van der Waals surface area contributed by atoms with E-state index in [-0.39, 0.29) is 0 Å². The molecule has 0 aliphatic carbocycles. The van der Waals surface area contributed by atoms with Crippen LogP contribution in [0, 0.1) is 0 Å². The number of para-hydroxylation sites is 1. The lowest BCUT2D eigenvalue weighted by molar-refractivity contribution is 0.632. The number of rotatable bonds is 2. The number of fused-ring (bicyclic) bond motifs is 1. The van der Waals surface area contributed by atoms with Gasteiger partial charge >= 0.3 is 0 Å². The molecule has 1 heterocycles. The summed E-state index contributed by atoms with van der Waals surface area (Å²) in [5.41, 5.74) is 4.26. The Kier molecular flexibility index (Phi) is 3.83. The van der Waals surface area contributed by atoms with E-state index in [2.05, 4.69) is 74.3 Å². The molecule has 0 aliphatic heterocycles. The van der Waals surface area contributed by atoms with Gasteiger partial charge in [-0.05, 0) is 35.9 Å². The molecule has 0 amide bonds. The molecular formula is C20H12Br2O. The molecule has 3 heteroatoms. The van der Waals surface area contributed by atoms with Crippen molar-refractivity contribution in [3.8, 4) is 22.5 Å². The lowest BCUT2D eigenvalue weighted by Gasteiger charge is -2.05. The third-order valence-corrected chi connectivity index (χ3v) is 4.89. The van der Waals surface area contributed by atoms with E-state index in [1.54, 1.807) is 0 Å². The summed E-state index contributed by atoms with van der Waals surface area (Å²) in [5, 5.41) is 1.13. The summed E-state index contributed by atoms with van der Waals surface area (Å²) in [7, 11) is 0. The molecule has 0 saturated heterocycles. The van der Waals surface area contributed by atoms with Gasteiger partial charge in [0.15, 0.2) is 0 Å². The Balaban J connectivity index is 2.01. The summed E-state index contributed by atoms with van der Waals surface area (Å²) >= 11 is 6.99. The highest BCUT2D eigenvalue weighted by molar-refractivity contribution is 9.10. The quantitative estimate of drug-likeness (QED) is 0.327. The zero-order valence-corrected chi connectivity index (χ0v) is 15.3. The van der Waals surface area contributed by atoms with Crippen molar-refractivity contribution >= 4 is 42.8 Å². The molecule has 112 valence electrons. The van der Waals surface area contributed by atoms with Crippen molar-refractivity contribution < 1.29 is 4.42 Å². The van der Waals surface area contributed by atoms with Gasteiger partial charge in [0, 0.05) is 25.5 Å². The van der Waals surface area contributed by atoms with Crippen molar-refractivity contribution in [2.45, 2.75) is 0 Å². The number of benzene rings is 3. The van der Waals surface area contributed by atoms with Crippen LogP contribution in [0.3, 0.4) is 0 Å². The minimum atomic E-state index is 0.904. The van der Waals surface area contributed by atoms with Crippen LogP contribution in [0.5, 0.6) is 0 Å². The second-order valence-electron chi connectivity index (χ2n) is 5.32. The van der Waals surface area contributed by atoms with Crippen molar-refractivity contribution in [3.63, 3.8) is 0 Å². The topological polar surface area (TPSA) is 13.1 Å². The highest BCUT2D eigenvalue weighted by Crippen LogP contribution is 2.41. The van der Waals surface area contributed by atoms with Crippen LogP contribution in [0.1, 0.15) is 0 Å². The Morgan fingerprint density at radius 3 is 1.83 bits per heavy atom. The highest BCUT2D eigenvalue weighted by Gasteiger charge is 2.17. The fraction of sp³-hybridized carbons (Fsp3) is 0. The fourth-order valence-electron chi connectivity index (χ4n) is 2.75. The molecule has 0 aliphatic rings. The molecule has 0 atom stereocenters. The maximum atomic E-state index is 6.18. The summed E-state index contributed by atoms with van der Waals surface area (Å²) in [6.45, 7) is 0. The lowest BCUT2D eigenvalue weighted by atomic mass is 9.99. The smallest absolute Gasteiger partial charge is 0.143 e. The van der Waals surface area contributed by atoms with Crippen LogP contribution in [0.25, 0.3) is 33.4 Å². The van der Waals surface area contributed by atoms with Gasteiger partial charge in [-0.25, -0.2) is 0 Å². The fourth-order valence-corrected chi connectivity index (χ4v) is 3.28. The van der Waals surface area contributed by atoms with Crippen LogP contribution >= 0.6 is 31.9 Å². The first kappa shape index (κ1) is 14.7. The van der Waals surface area contributed by atoms with Crippen LogP contribution in [0.4, 0.5) is 0 Å². The van der Waals surface area contributed by atoms with E-state index in [1.807, 2.05) is 30.3 Å². The van der Waals surface area contributed by atoms with E-state index < -0.39 is 0 Å². The Hall–Kier alpha value is -1.84. The third kappa shape index (κ3) is 2.75. The molecule has 4 aromatic rings. The minimum Gasteiger partial charge on any atom is -0.455 e. The first-order valence-electron chi connectivity index (χ1n) is 7.26. The number of hydrogen-bond donors (Lipinski definition) is 0. The minimum absolute atomic E-state index is 0.904. The van der Waals surface area contributed by atoms with Gasteiger partial charge < -0.3 is 4.42 Å². The zero-order valence-electron chi connectivity index (χ0n) is 12.1. The molecule has 3 aromatic carbocycles. The molecule has 4 rings (SSSR count). The maximum absolute atomic E-state index is 6.18. The van der Waals surface area contributed by atoms with Gasteiger partial charge in [-0.2, -0.15) is 0 Å². The van der Waals surface area contributed by atoms with Crippen molar-refractivity contribution in [2.75, 3.05) is 0 Å². The first-order valence-corrected chi connectivity index (χ1v) is 8.84. The highest BCUT2D eigenvalue weighted by atomic mass is 79.9. The maximum Gasteiger partial charge on any atom is 0.143 e. The summed E-state index contributed by atoms with van der Waals surface area (Å²) in [4.78, 5) is 0.